The van der Waals surface area contributed by atoms with Crippen molar-refractivity contribution in [3.8, 4) is 11.3 Å². The molecule has 274 valence electrons. The predicted molar refractivity (Wildman–Crippen MR) is 209 cm³/mol. The smallest absolute Gasteiger partial charge is 0.344 e. The van der Waals surface area contributed by atoms with E-state index >= 15 is 0 Å². The molecule has 3 aliphatic rings. The number of para-hydroxylation sites is 2. The molecule has 1 aliphatic carbocycles. The molecule has 0 radical (unpaired) electrons. The molecule has 0 bridgehead atoms. The first-order chi connectivity index (χ1) is 25.4. The molecule has 5 nitrogen and oxygen atoms in total. The van der Waals surface area contributed by atoms with E-state index in [0.29, 0.717) is 0 Å². The minimum Gasteiger partial charge on any atom is -0.344 e. The third-order valence-electron chi connectivity index (χ3n) is 11.1. The highest BCUT2D eigenvalue weighted by Gasteiger charge is 2.44. The Morgan fingerprint density at radius 1 is 0.811 bits per heavy atom. The molecule has 0 fully saturated rings. The zero-order valence-corrected chi connectivity index (χ0v) is 31.6. The molecule has 0 atom stereocenters. The van der Waals surface area contributed by atoms with E-state index in [-0.39, 0.29) is 22.1 Å². The van der Waals surface area contributed by atoms with E-state index in [2.05, 4.69) is 134 Å². The van der Waals surface area contributed by atoms with Crippen molar-refractivity contribution in [2.75, 3.05) is 18.0 Å². The lowest BCUT2D eigenvalue weighted by Crippen LogP contribution is -2.28. The highest BCUT2D eigenvalue weighted by Crippen LogP contribution is 2.48. The third kappa shape index (κ3) is 6.51. The lowest BCUT2D eigenvalue weighted by atomic mass is 9.81. The van der Waals surface area contributed by atoms with Gasteiger partial charge in [-0.1, -0.05) is 99.7 Å². The van der Waals surface area contributed by atoms with Crippen LogP contribution in [0.5, 0.6) is 0 Å². The molecular weight excluding hydrogens is 668 g/mol. The standard InChI is InChI=1S/C45H49F3N5/c1-7-28-51-38-22-13-11-20-35(38)43(3,4)40(51)26-24-31-16-15-17-32(25-27-41-44(5,6)36-21-12-14-23-39(36)52(41)29-8-2)42(31)53-30-37(49-50-53)33-18-9-10-19-34(33)45(46,47)48/h9-14,18-27,30H,7-8,15-17,28-29H2,1-6H3/q+1. The summed E-state index contributed by atoms with van der Waals surface area (Å²) in [7, 11) is 0. The van der Waals surface area contributed by atoms with Crippen LogP contribution in [0.15, 0.2) is 120 Å². The Bertz CT molecular complexity index is 2190. The number of hydrogen-bond acceptors (Lipinski definition) is 3. The second-order valence-corrected chi connectivity index (χ2v) is 15.4. The van der Waals surface area contributed by atoms with Gasteiger partial charge in [-0.05, 0) is 74.4 Å². The quantitative estimate of drug-likeness (QED) is 0.162. The Hall–Kier alpha value is -4.98. The monoisotopic (exact) mass is 716 g/mol. The van der Waals surface area contributed by atoms with E-state index in [1.54, 1.807) is 16.9 Å². The van der Waals surface area contributed by atoms with Gasteiger partial charge in [0.15, 0.2) is 5.71 Å². The minimum absolute atomic E-state index is 0.0179. The third-order valence-corrected chi connectivity index (χ3v) is 11.1. The Morgan fingerprint density at radius 3 is 2.28 bits per heavy atom. The van der Waals surface area contributed by atoms with Gasteiger partial charge >= 0.3 is 6.18 Å². The molecule has 2 aliphatic heterocycles. The zero-order chi connectivity index (χ0) is 37.5. The second-order valence-electron chi connectivity index (χ2n) is 15.4. The lowest BCUT2D eigenvalue weighted by Gasteiger charge is -2.27. The number of allylic oxidation sites excluding steroid dienone is 8. The fraction of sp³-hybridized carbons (Fsp3) is 0.356. The van der Waals surface area contributed by atoms with Gasteiger partial charge in [0.25, 0.3) is 0 Å². The van der Waals surface area contributed by atoms with Gasteiger partial charge in [0.2, 0.25) is 5.69 Å². The average Bonchev–Trinajstić information content (AvgIpc) is 3.77. The van der Waals surface area contributed by atoms with E-state index in [1.165, 1.54) is 46.0 Å². The van der Waals surface area contributed by atoms with Gasteiger partial charge in [-0.15, -0.1) is 5.10 Å². The van der Waals surface area contributed by atoms with Gasteiger partial charge in [0, 0.05) is 53.0 Å². The minimum atomic E-state index is -4.51. The summed E-state index contributed by atoms with van der Waals surface area (Å²) in [5.41, 5.74) is 9.66. The summed E-state index contributed by atoms with van der Waals surface area (Å²) in [6.07, 6.45) is 10.6. The largest absolute Gasteiger partial charge is 0.417 e. The molecule has 0 saturated heterocycles. The van der Waals surface area contributed by atoms with E-state index in [4.69, 9.17) is 0 Å². The summed E-state index contributed by atoms with van der Waals surface area (Å²) in [5, 5.41) is 8.87. The van der Waals surface area contributed by atoms with Crippen LogP contribution in [-0.4, -0.2) is 38.4 Å². The Kier molecular flexibility index (Phi) is 9.68. The van der Waals surface area contributed by atoms with Crippen molar-refractivity contribution in [1.82, 2.24) is 15.0 Å². The van der Waals surface area contributed by atoms with Crippen LogP contribution in [0.2, 0.25) is 0 Å². The summed E-state index contributed by atoms with van der Waals surface area (Å²) in [5.74, 6) is 0. The number of nitrogens with zero attached hydrogens (tertiary/aromatic N) is 5. The molecule has 0 saturated carbocycles. The van der Waals surface area contributed by atoms with Crippen molar-refractivity contribution in [3.63, 3.8) is 0 Å². The van der Waals surface area contributed by atoms with E-state index in [9.17, 15) is 13.2 Å². The van der Waals surface area contributed by atoms with Crippen LogP contribution in [0.4, 0.5) is 24.5 Å². The van der Waals surface area contributed by atoms with Crippen molar-refractivity contribution in [2.24, 2.45) is 0 Å². The van der Waals surface area contributed by atoms with Crippen LogP contribution in [0, 0.1) is 0 Å². The molecule has 53 heavy (non-hydrogen) atoms. The number of benzene rings is 3. The molecule has 0 spiro atoms. The van der Waals surface area contributed by atoms with Crippen molar-refractivity contribution in [1.29, 1.82) is 0 Å². The van der Waals surface area contributed by atoms with Gasteiger partial charge in [-0.25, -0.2) is 4.68 Å². The van der Waals surface area contributed by atoms with Crippen LogP contribution in [0.1, 0.15) is 90.3 Å². The van der Waals surface area contributed by atoms with Crippen molar-refractivity contribution >= 4 is 22.8 Å². The van der Waals surface area contributed by atoms with Gasteiger partial charge in [-0.2, -0.15) is 17.7 Å². The molecule has 1 aromatic heterocycles. The number of rotatable bonds is 9. The summed E-state index contributed by atoms with van der Waals surface area (Å²) in [6, 6.07) is 22.8. The first kappa shape index (κ1) is 36.4. The number of hydrogen-bond donors (Lipinski definition) is 0. The summed E-state index contributed by atoms with van der Waals surface area (Å²) >= 11 is 0. The normalized spacial score (nSPS) is 19.6. The van der Waals surface area contributed by atoms with Gasteiger partial charge in [0.1, 0.15) is 12.2 Å². The van der Waals surface area contributed by atoms with Crippen LogP contribution < -0.4 is 4.90 Å². The van der Waals surface area contributed by atoms with E-state index < -0.39 is 11.7 Å². The first-order valence-electron chi connectivity index (χ1n) is 18.9. The number of halogens is 3. The lowest BCUT2D eigenvalue weighted by molar-refractivity contribution is -0.437. The summed E-state index contributed by atoms with van der Waals surface area (Å²) in [6.45, 7) is 15.3. The molecule has 7 rings (SSSR count). The predicted octanol–water partition coefficient (Wildman–Crippen LogP) is 11.4. The number of alkyl halides is 3. The number of aromatic nitrogens is 3. The Balaban J connectivity index is 1.38. The van der Waals surface area contributed by atoms with Gasteiger partial charge in [-0.3, -0.25) is 0 Å². The van der Waals surface area contributed by atoms with Crippen LogP contribution in [0.25, 0.3) is 17.0 Å². The molecule has 0 N–H and O–H groups in total. The van der Waals surface area contributed by atoms with Crippen molar-refractivity contribution < 1.29 is 17.7 Å². The molecular formula is C45H49F3N5+. The fourth-order valence-corrected chi connectivity index (χ4v) is 8.55. The fourth-order valence-electron chi connectivity index (χ4n) is 8.55. The molecule has 4 aromatic rings. The molecule has 0 unspecified atom stereocenters. The maximum atomic E-state index is 14.1. The highest BCUT2D eigenvalue weighted by atomic mass is 19.4. The number of anilines is 1. The van der Waals surface area contributed by atoms with Gasteiger partial charge in [0.05, 0.1) is 22.9 Å². The van der Waals surface area contributed by atoms with Crippen LogP contribution in [0.3, 0.4) is 0 Å². The summed E-state index contributed by atoms with van der Waals surface area (Å²) in [4.78, 5) is 2.43. The topological polar surface area (TPSA) is 37.0 Å². The van der Waals surface area contributed by atoms with Gasteiger partial charge < -0.3 is 4.90 Å². The Morgan fingerprint density at radius 2 is 1.53 bits per heavy atom. The van der Waals surface area contributed by atoms with Crippen molar-refractivity contribution in [3.05, 3.63) is 137 Å². The Labute approximate surface area is 311 Å². The maximum Gasteiger partial charge on any atom is 0.417 e. The molecule has 8 heteroatoms. The zero-order valence-electron chi connectivity index (χ0n) is 31.6. The molecule has 3 heterocycles. The summed E-state index contributed by atoms with van der Waals surface area (Å²) < 4.78 is 46.5. The number of fused-ring (bicyclic) bond motifs is 2. The average molecular weight is 717 g/mol. The molecule has 3 aromatic carbocycles. The molecule has 0 amide bonds. The highest BCUT2D eigenvalue weighted by molar-refractivity contribution is 6.03. The SMILES string of the molecule is CCCN1/C(=C/C=C2\CCCC(/C=C/C3=[N+](CCC)c4ccccc4C3(C)C)=C2n2cc(-c3ccccc3C(F)(F)F)nn2)C(C)(C)c2ccccc21. The van der Waals surface area contributed by atoms with E-state index in [1.807, 2.05) is 0 Å². The van der Waals surface area contributed by atoms with E-state index in [0.717, 1.165) is 68.1 Å². The second kappa shape index (κ2) is 14.1. The maximum absolute atomic E-state index is 14.1. The van der Waals surface area contributed by atoms with Crippen molar-refractivity contribution in [2.45, 2.75) is 90.7 Å². The van der Waals surface area contributed by atoms with Crippen LogP contribution in [-0.2, 0) is 17.0 Å². The van der Waals surface area contributed by atoms with Crippen LogP contribution >= 0.6 is 0 Å². The first-order valence-corrected chi connectivity index (χ1v) is 18.9.